The average molecular weight is 442 g/mol. The number of carbonyl (C=O) groups excluding carboxylic acids is 2. The molecule has 0 atom stereocenters. The molecule has 4 rings (SSSR count). The summed E-state index contributed by atoms with van der Waals surface area (Å²) in [4.78, 5) is 28.9. The van der Waals surface area contributed by atoms with Crippen molar-refractivity contribution in [3.8, 4) is 5.69 Å². The van der Waals surface area contributed by atoms with Crippen LogP contribution in [0.4, 0.5) is 14.9 Å². The Morgan fingerprint density at radius 2 is 1.77 bits per heavy atom. The molecule has 1 saturated heterocycles. The monoisotopic (exact) mass is 441 g/mol. The zero-order valence-electron chi connectivity index (χ0n) is 16.7. The first-order chi connectivity index (χ1) is 15.0. The van der Waals surface area contributed by atoms with Crippen molar-refractivity contribution < 1.29 is 14.0 Å². The standard InChI is InChI=1S/C22H21ClFN5O2/c23-17-5-3-6-18(13-17)26-22(31)28-10-4-9-27(11-12-28)21(30)16-14-25-29(15-16)20-8-2-1-7-19(20)24/h1-3,5-8,13-15H,4,9-12H2,(H,26,31). The van der Waals surface area contributed by atoms with Gasteiger partial charge in [-0.05, 0) is 36.8 Å². The number of benzene rings is 2. The van der Waals surface area contributed by atoms with Crippen molar-refractivity contribution in [3.63, 3.8) is 0 Å². The predicted molar refractivity (Wildman–Crippen MR) is 116 cm³/mol. The number of hydrogen-bond acceptors (Lipinski definition) is 3. The van der Waals surface area contributed by atoms with Crippen molar-refractivity contribution in [3.05, 3.63) is 77.3 Å². The molecule has 0 radical (unpaired) electrons. The highest BCUT2D eigenvalue weighted by molar-refractivity contribution is 6.30. The number of para-hydroxylation sites is 1. The van der Waals surface area contributed by atoms with Gasteiger partial charge in [0.1, 0.15) is 11.5 Å². The number of hydrogen-bond donors (Lipinski definition) is 1. The van der Waals surface area contributed by atoms with Crippen molar-refractivity contribution in [1.82, 2.24) is 19.6 Å². The molecule has 0 aliphatic carbocycles. The molecule has 160 valence electrons. The summed E-state index contributed by atoms with van der Waals surface area (Å²) >= 11 is 5.97. The summed E-state index contributed by atoms with van der Waals surface area (Å²) in [6, 6.07) is 13.0. The number of nitrogens with one attached hydrogen (secondary N) is 1. The van der Waals surface area contributed by atoms with Gasteiger partial charge in [-0.3, -0.25) is 4.79 Å². The van der Waals surface area contributed by atoms with Gasteiger partial charge in [-0.1, -0.05) is 29.8 Å². The molecule has 1 fully saturated rings. The van der Waals surface area contributed by atoms with E-state index >= 15 is 0 Å². The second kappa shape index (κ2) is 9.18. The number of rotatable bonds is 3. The highest BCUT2D eigenvalue weighted by Crippen LogP contribution is 2.17. The van der Waals surface area contributed by atoms with Crippen LogP contribution >= 0.6 is 11.6 Å². The van der Waals surface area contributed by atoms with Gasteiger partial charge in [-0.15, -0.1) is 0 Å². The second-order valence-corrected chi connectivity index (χ2v) is 7.63. The van der Waals surface area contributed by atoms with Crippen LogP contribution in [0.15, 0.2) is 60.9 Å². The summed E-state index contributed by atoms with van der Waals surface area (Å²) in [6.45, 7) is 1.85. The topological polar surface area (TPSA) is 70.5 Å². The molecule has 2 aromatic carbocycles. The van der Waals surface area contributed by atoms with Crippen LogP contribution in [0.5, 0.6) is 0 Å². The summed E-state index contributed by atoms with van der Waals surface area (Å²) in [7, 11) is 0. The summed E-state index contributed by atoms with van der Waals surface area (Å²) in [6.07, 6.45) is 3.61. The van der Waals surface area contributed by atoms with Gasteiger partial charge in [0.15, 0.2) is 0 Å². The van der Waals surface area contributed by atoms with Gasteiger partial charge in [0.2, 0.25) is 0 Å². The third kappa shape index (κ3) is 4.86. The summed E-state index contributed by atoms with van der Waals surface area (Å²) in [5.74, 6) is -0.611. The lowest BCUT2D eigenvalue weighted by atomic mass is 10.3. The Kier molecular flexibility index (Phi) is 6.18. The molecule has 1 aromatic heterocycles. The molecule has 1 aliphatic rings. The first-order valence-electron chi connectivity index (χ1n) is 9.91. The Morgan fingerprint density at radius 3 is 2.58 bits per heavy atom. The van der Waals surface area contributed by atoms with Crippen LogP contribution in [0, 0.1) is 5.82 Å². The fraction of sp³-hybridized carbons (Fsp3) is 0.227. The molecule has 1 N–H and O–H groups in total. The van der Waals surface area contributed by atoms with E-state index in [9.17, 15) is 14.0 Å². The number of halogens is 2. The lowest BCUT2D eigenvalue weighted by Gasteiger charge is -2.22. The highest BCUT2D eigenvalue weighted by atomic mass is 35.5. The minimum absolute atomic E-state index is 0.195. The molecule has 3 aromatic rings. The molecule has 0 unspecified atom stereocenters. The number of anilines is 1. The van der Waals surface area contributed by atoms with Gasteiger partial charge in [-0.2, -0.15) is 5.10 Å². The third-order valence-electron chi connectivity index (χ3n) is 5.08. The van der Waals surface area contributed by atoms with Crippen molar-refractivity contribution in [2.45, 2.75) is 6.42 Å². The minimum Gasteiger partial charge on any atom is -0.337 e. The van der Waals surface area contributed by atoms with Crippen molar-refractivity contribution in [2.75, 3.05) is 31.5 Å². The smallest absolute Gasteiger partial charge is 0.321 e. The molecular weight excluding hydrogens is 421 g/mol. The van der Waals surface area contributed by atoms with E-state index in [1.54, 1.807) is 52.3 Å². The molecule has 0 spiro atoms. The zero-order valence-corrected chi connectivity index (χ0v) is 17.4. The van der Waals surface area contributed by atoms with Gasteiger partial charge in [0.25, 0.3) is 5.91 Å². The van der Waals surface area contributed by atoms with Gasteiger partial charge < -0.3 is 15.1 Å². The van der Waals surface area contributed by atoms with E-state index in [1.165, 1.54) is 23.1 Å². The van der Waals surface area contributed by atoms with E-state index in [0.29, 0.717) is 48.9 Å². The maximum atomic E-state index is 14.0. The van der Waals surface area contributed by atoms with Crippen LogP contribution in [-0.4, -0.2) is 57.7 Å². The quantitative estimate of drug-likeness (QED) is 0.666. The van der Waals surface area contributed by atoms with E-state index in [1.807, 2.05) is 0 Å². The van der Waals surface area contributed by atoms with Gasteiger partial charge in [-0.25, -0.2) is 13.9 Å². The Balaban J connectivity index is 1.39. The summed E-state index contributed by atoms with van der Waals surface area (Å²) < 4.78 is 15.3. The normalized spacial score (nSPS) is 14.3. The zero-order chi connectivity index (χ0) is 21.8. The largest absolute Gasteiger partial charge is 0.337 e. The Morgan fingerprint density at radius 1 is 1.00 bits per heavy atom. The van der Waals surface area contributed by atoms with Crippen molar-refractivity contribution in [2.24, 2.45) is 0 Å². The number of urea groups is 1. The van der Waals surface area contributed by atoms with E-state index in [0.717, 1.165) is 0 Å². The SMILES string of the molecule is O=C(Nc1cccc(Cl)c1)N1CCCN(C(=O)c2cnn(-c3ccccc3F)c2)CC1. The second-order valence-electron chi connectivity index (χ2n) is 7.20. The number of aromatic nitrogens is 2. The summed E-state index contributed by atoms with van der Waals surface area (Å²) in [5, 5.41) is 7.50. The molecular formula is C22H21ClFN5O2. The van der Waals surface area contributed by atoms with E-state index in [4.69, 9.17) is 11.6 Å². The Bertz CT molecular complexity index is 1100. The van der Waals surface area contributed by atoms with Crippen LogP contribution in [0.25, 0.3) is 5.69 Å². The molecule has 31 heavy (non-hydrogen) atoms. The first kappa shape index (κ1) is 20.9. The molecule has 9 heteroatoms. The molecule has 3 amide bonds. The van der Waals surface area contributed by atoms with E-state index < -0.39 is 5.82 Å². The van der Waals surface area contributed by atoms with Gasteiger partial charge in [0.05, 0.1) is 11.8 Å². The maximum Gasteiger partial charge on any atom is 0.321 e. The third-order valence-corrected chi connectivity index (χ3v) is 5.31. The highest BCUT2D eigenvalue weighted by Gasteiger charge is 2.24. The lowest BCUT2D eigenvalue weighted by molar-refractivity contribution is 0.0762. The average Bonchev–Trinajstić information content (AvgIpc) is 3.11. The minimum atomic E-state index is -0.416. The Labute approximate surface area is 184 Å². The predicted octanol–water partition coefficient (Wildman–Crippen LogP) is 4.04. The van der Waals surface area contributed by atoms with Crippen molar-refractivity contribution in [1.29, 1.82) is 0 Å². The van der Waals surface area contributed by atoms with E-state index in [-0.39, 0.29) is 17.6 Å². The maximum absolute atomic E-state index is 14.0. The molecule has 0 saturated carbocycles. The molecule has 0 bridgehead atoms. The number of nitrogens with zero attached hydrogens (tertiary/aromatic N) is 4. The molecule has 2 heterocycles. The number of amides is 3. The van der Waals surface area contributed by atoms with E-state index in [2.05, 4.69) is 10.4 Å². The van der Waals surface area contributed by atoms with Crippen LogP contribution in [-0.2, 0) is 0 Å². The van der Waals surface area contributed by atoms with Crippen LogP contribution in [0.3, 0.4) is 0 Å². The first-order valence-corrected chi connectivity index (χ1v) is 10.3. The van der Waals surface area contributed by atoms with Crippen molar-refractivity contribution >= 4 is 29.2 Å². The summed E-state index contributed by atoms with van der Waals surface area (Å²) in [5.41, 5.74) is 1.27. The molecule has 7 nitrogen and oxygen atoms in total. The fourth-order valence-electron chi connectivity index (χ4n) is 3.48. The van der Waals surface area contributed by atoms with Crippen LogP contribution < -0.4 is 5.32 Å². The lowest BCUT2D eigenvalue weighted by Crippen LogP contribution is -2.39. The Hall–Kier alpha value is -3.39. The number of carbonyl (C=O) groups is 2. The van der Waals surface area contributed by atoms with Crippen LogP contribution in [0.2, 0.25) is 5.02 Å². The van der Waals surface area contributed by atoms with Crippen LogP contribution in [0.1, 0.15) is 16.8 Å². The van der Waals surface area contributed by atoms with Gasteiger partial charge >= 0.3 is 6.03 Å². The molecule has 1 aliphatic heterocycles. The fourth-order valence-corrected chi connectivity index (χ4v) is 3.67. The van der Waals surface area contributed by atoms with Gasteiger partial charge in [0, 0.05) is 43.1 Å².